The molecule has 1 fully saturated rings. The molecule has 1 aromatic rings. The number of carbonyl (C=O) groups excluding carboxylic acids is 2. The number of rotatable bonds is 6. The smallest absolute Gasteiger partial charge is 0.407 e. The molecular formula is C19H28N2O4. The summed E-state index contributed by atoms with van der Waals surface area (Å²) in [6, 6.07) is 9.64. The molecule has 1 N–H and O–H groups in total. The number of nitrogens with one attached hydrogen (secondary N) is 1. The SMILES string of the molecule is COCC(NC(=O)OC(C)(C)C)[C@H]1CC(=O)N(Cc2ccccc2)C1. The van der Waals surface area contributed by atoms with E-state index in [1.807, 2.05) is 56.0 Å². The molecule has 1 aliphatic rings. The predicted molar refractivity (Wildman–Crippen MR) is 95.0 cm³/mol. The van der Waals surface area contributed by atoms with E-state index in [2.05, 4.69) is 5.32 Å². The fourth-order valence-electron chi connectivity index (χ4n) is 2.96. The Morgan fingerprint density at radius 2 is 2.00 bits per heavy atom. The van der Waals surface area contributed by atoms with Crippen LogP contribution in [0.4, 0.5) is 4.79 Å². The quantitative estimate of drug-likeness (QED) is 0.858. The molecule has 1 saturated heterocycles. The Kier molecular flexibility index (Phi) is 6.42. The highest BCUT2D eigenvalue weighted by molar-refractivity contribution is 5.79. The first-order chi connectivity index (χ1) is 11.8. The number of likely N-dealkylation sites (tertiary alicyclic amines) is 1. The van der Waals surface area contributed by atoms with Crippen LogP contribution in [0.1, 0.15) is 32.8 Å². The standard InChI is InChI=1S/C19H28N2O4/c1-19(2,3)25-18(23)20-16(13-24-4)15-10-17(22)21(12-15)11-14-8-6-5-7-9-14/h5-9,15-16H,10-13H2,1-4H3,(H,20,23)/t15-,16?/m0/s1. The number of amides is 2. The maximum atomic E-state index is 12.4. The van der Waals surface area contributed by atoms with Crippen LogP contribution in [0.5, 0.6) is 0 Å². The van der Waals surface area contributed by atoms with Gasteiger partial charge in [-0.1, -0.05) is 30.3 Å². The van der Waals surface area contributed by atoms with Crippen LogP contribution in [0.3, 0.4) is 0 Å². The van der Waals surface area contributed by atoms with E-state index >= 15 is 0 Å². The van der Waals surface area contributed by atoms with Gasteiger partial charge in [-0.2, -0.15) is 0 Å². The second-order valence-corrected chi connectivity index (χ2v) is 7.43. The third-order valence-corrected chi connectivity index (χ3v) is 4.08. The minimum absolute atomic E-state index is 0.00341. The topological polar surface area (TPSA) is 67.9 Å². The lowest BCUT2D eigenvalue weighted by molar-refractivity contribution is -0.128. The van der Waals surface area contributed by atoms with Crippen LogP contribution in [-0.4, -0.2) is 48.8 Å². The number of benzene rings is 1. The van der Waals surface area contributed by atoms with E-state index in [1.165, 1.54) is 0 Å². The van der Waals surface area contributed by atoms with Crippen molar-refractivity contribution in [2.24, 2.45) is 5.92 Å². The van der Waals surface area contributed by atoms with Crippen molar-refractivity contribution < 1.29 is 19.1 Å². The van der Waals surface area contributed by atoms with Gasteiger partial charge in [-0.25, -0.2) is 4.79 Å². The Morgan fingerprint density at radius 3 is 2.60 bits per heavy atom. The van der Waals surface area contributed by atoms with Gasteiger partial charge in [0.1, 0.15) is 5.60 Å². The summed E-state index contributed by atoms with van der Waals surface area (Å²) >= 11 is 0. The first-order valence-corrected chi connectivity index (χ1v) is 8.58. The van der Waals surface area contributed by atoms with Crippen molar-refractivity contribution in [2.45, 2.75) is 45.4 Å². The lowest BCUT2D eigenvalue weighted by atomic mass is 9.99. The van der Waals surface area contributed by atoms with Crippen LogP contribution in [0, 0.1) is 5.92 Å². The molecular weight excluding hydrogens is 320 g/mol. The van der Waals surface area contributed by atoms with Gasteiger partial charge in [0, 0.05) is 32.5 Å². The first-order valence-electron chi connectivity index (χ1n) is 8.58. The number of methoxy groups -OCH3 is 1. The third-order valence-electron chi connectivity index (χ3n) is 4.08. The molecule has 138 valence electrons. The summed E-state index contributed by atoms with van der Waals surface area (Å²) in [6.45, 7) is 6.98. The van der Waals surface area contributed by atoms with Crippen molar-refractivity contribution in [3.8, 4) is 0 Å². The second kappa shape index (κ2) is 8.34. The van der Waals surface area contributed by atoms with Crippen LogP contribution in [0.2, 0.25) is 0 Å². The molecule has 1 unspecified atom stereocenters. The highest BCUT2D eigenvalue weighted by Crippen LogP contribution is 2.23. The molecule has 6 nitrogen and oxygen atoms in total. The average Bonchev–Trinajstić information content (AvgIpc) is 2.87. The average molecular weight is 348 g/mol. The lowest BCUT2D eigenvalue weighted by Crippen LogP contribution is -2.46. The summed E-state index contributed by atoms with van der Waals surface area (Å²) in [4.78, 5) is 26.3. The summed E-state index contributed by atoms with van der Waals surface area (Å²) in [5, 5.41) is 2.86. The number of ether oxygens (including phenoxy) is 2. The molecule has 6 heteroatoms. The Morgan fingerprint density at radius 1 is 1.32 bits per heavy atom. The zero-order valence-electron chi connectivity index (χ0n) is 15.5. The Labute approximate surface area is 149 Å². The van der Waals surface area contributed by atoms with Gasteiger partial charge in [-0.3, -0.25) is 4.79 Å². The van der Waals surface area contributed by atoms with Crippen molar-refractivity contribution >= 4 is 12.0 Å². The van der Waals surface area contributed by atoms with Gasteiger partial charge in [0.25, 0.3) is 0 Å². The minimum Gasteiger partial charge on any atom is -0.444 e. The molecule has 2 atom stereocenters. The number of hydrogen-bond donors (Lipinski definition) is 1. The molecule has 0 spiro atoms. The van der Waals surface area contributed by atoms with Gasteiger partial charge in [0.05, 0.1) is 12.6 Å². The van der Waals surface area contributed by atoms with E-state index in [0.717, 1.165) is 5.56 Å². The molecule has 0 aromatic heterocycles. The molecule has 1 heterocycles. The van der Waals surface area contributed by atoms with Gasteiger partial charge >= 0.3 is 6.09 Å². The molecule has 25 heavy (non-hydrogen) atoms. The minimum atomic E-state index is -0.563. The van der Waals surface area contributed by atoms with Crippen LogP contribution < -0.4 is 5.32 Å². The van der Waals surface area contributed by atoms with E-state index in [0.29, 0.717) is 26.1 Å². The van der Waals surface area contributed by atoms with Crippen molar-refractivity contribution in [3.05, 3.63) is 35.9 Å². The number of hydrogen-bond acceptors (Lipinski definition) is 4. The normalized spacial score (nSPS) is 19.0. The molecule has 2 rings (SSSR count). The summed E-state index contributed by atoms with van der Waals surface area (Å²) in [6.07, 6.45) is -0.0834. The Hall–Kier alpha value is -2.08. The zero-order chi connectivity index (χ0) is 18.4. The van der Waals surface area contributed by atoms with E-state index in [4.69, 9.17) is 9.47 Å². The van der Waals surface area contributed by atoms with Gasteiger partial charge < -0.3 is 19.7 Å². The van der Waals surface area contributed by atoms with E-state index in [1.54, 1.807) is 7.11 Å². The van der Waals surface area contributed by atoms with E-state index < -0.39 is 11.7 Å². The summed E-state index contributed by atoms with van der Waals surface area (Å²) < 4.78 is 10.6. The zero-order valence-corrected chi connectivity index (χ0v) is 15.5. The van der Waals surface area contributed by atoms with Gasteiger partial charge in [-0.05, 0) is 26.3 Å². The molecule has 1 aliphatic heterocycles. The first kappa shape index (κ1) is 19.2. The summed E-state index contributed by atoms with van der Waals surface area (Å²) in [5.74, 6) is 0.102. The van der Waals surface area contributed by atoms with Crippen LogP contribution in [-0.2, 0) is 20.8 Å². The van der Waals surface area contributed by atoms with E-state index in [-0.39, 0.29) is 17.9 Å². The molecule has 0 aliphatic carbocycles. The van der Waals surface area contributed by atoms with Crippen LogP contribution >= 0.6 is 0 Å². The predicted octanol–water partition coefficient (Wildman–Crippen LogP) is 2.57. The fraction of sp³-hybridized carbons (Fsp3) is 0.579. The molecule has 0 saturated carbocycles. The molecule has 0 radical (unpaired) electrons. The number of nitrogens with zero attached hydrogens (tertiary/aromatic N) is 1. The third kappa shape index (κ3) is 6.05. The monoisotopic (exact) mass is 348 g/mol. The number of alkyl carbamates (subject to hydrolysis) is 1. The Bertz CT molecular complexity index is 583. The highest BCUT2D eigenvalue weighted by atomic mass is 16.6. The maximum absolute atomic E-state index is 12.4. The molecule has 2 amide bonds. The van der Waals surface area contributed by atoms with Crippen LogP contribution in [0.15, 0.2) is 30.3 Å². The maximum Gasteiger partial charge on any atom is 0.407 e. The Balaban J connectivity index is 1.97. The van der Waals surface area contributed by atoms with E-state index in [9.17, 15) is 9.59 Å². The summed E-state index contributed by atoms with van der Waals surface area (Å²) in [7, 11) is 1.59. The van der Waals surface area contributed by atoms with Crippen molar-refractivity contribution in [1.82, 2.24) is 10.2 Å². The van der Waals surface area contributed by atoms with Crippen molar-refractivity contribution in [2.75, 3.05) is 20.3 Å². The van der Waals surface area contributed by atoms with Gasteiger partial charge in [-0.15, -0.1) is 0 Å². The van der Waals surface area contributed by atoms with Gasteiger partial charge in [0.15, 0.2) is 0 Å². The largest absolute Gasteiger partial charge is 0.444 e. The molecule has 1 aromatic carbocycles. The van der Waals surface area contributed by atoms with Gasteiger partial charge in [0.2, 0.25) is 5.91 Å². The number of carbonyl (C=O) groups is 2. The van der Waals surface area contributed by atoms with Crippen LogP contribution in [0.25, 0.3) is 0 Å². The highest BCUT2D eigenvalue weighted by Gasteiger charge is 2.36. The second-order valence-electron chi connectivity index (χ2n) is 7.43. The van der Waals surface area contributed by atoms with Crippen molar-refractivity contribution in [1.29, 1.82) is 0 Å². The van der Waals surface area contributed by atoms with Crippen molar-refractivity contribution in [3.63, 3.8) is 0 Å². The lowest BCUT2D eigenvalue weighted by Gasteiger charge is -2.26. The fourth-order valence-corrected chi connectivity index (χ4v) is 2.96. The molecule has 0 bridgehead atoms. The summed E-state index contributed by atoms with van der Waals surface area (Å²) in [5.41, 5.74) is 0.534.